The van der Waals surface area contributed by atoms with Crippen molar-refractivity contribution in [2.75, 3.05) is 26.2 Å². The molecule has 2 saturated heterocycles. The van der Waals surface area contributed by atoms with Crippen LogP contribution >= 0.6 is 0 Å². The molecule has 0 unspecified atom stereocenters. The van der Waals surface area contributed by atoms with Crippen LogP contribution in [0.2, 0.25) is 0 Å². The summed E-state index contributed by atoms with van der Waals surface area (Å²) in [5.74, 6) is -7.42. The predicted molar refractivity (Wildman–Crippen MR) is 320 cm³/mol. The number of likely N-dealkylation sites (tertiary alicyclic amines) is 1. The summed E-state index contributed by atoms with van der Waals surface area (Å²) >= 11 is 0. The van der Waals surface area contributed by atoms with Gasteiger partial charge in [-0.05, 0) is 86.1 Å². The van der Waals surface area contributed by atoms with Gasteiger partial charge in [-0.15, -0.1) is 0 Å². The van der Waals surface area contributed by atoms with Crippen LogP contribution in [0.25, 0.3) is 10.9 Å². The lowest BCUT2D eigenvalue weighted by molar-refractivity contribution is -0.142. The van der Waals surface area contributed by atoms with Crippen LogP contribution in [-0.4, -0.2) is 176 Å². The summed E-state index contributed by atoms with van der Waals surface area (Å²) in [6.07, 6.45) is 5.71. The summed E-state index contributed by atoms with van der Waals surface area (Å²) in [6.45, 7) is 10.2. The first-order valence-electron chi connectivity index (χ1n) is 29.3. The molecule has 0 spiro atoms. The first kappa shape index (κ1) is 67.1. The van der Waals surface area contributed by atoms with Gasteiger partial charge in [-0.1, -0.05) is 65.0 Å². The highest BCUT2D eigenvalue weighted by atomic mass is 16.3. The highest BCUT2D eigenvalue weighted by molar-refractivity contribution is 5.99. The van der Waals surface area contributed by atoms with Gasteiger partial charge in [0, 0.05) is 74.3 Å². The standard InChI is InChI=1S/C59H84N16O12/c1-7-63-55(85)46-15-11-23-75(46)57(87)40(14-10-22-64-58(60)61)68-50(80)41(24-32(2)3)72-56(86)48(59(4,5)6)74-53(83)42(25-33-16-18-36(77)19-17-33)69-54(84)45(30-76)73-51(81)43(26-34-28-65-38-13-9-8-12-37(34)38)70-52(82)44(27-35-29-62-31-66-35)71-49(79)39-20-21-47(78)67-39/h8-9,12-13,16-19,28-29,31-32,39-46,48,65,76-77H,7,10-11,14-15,20-27,30H2,1-6H3,(H,62,66)(H,63,85)(H,67,78)(H,68,80)(H,69,84)(H,70,82)(H,71,79)(H,72,86)(H,73,81)(H,74,83)(H4,60,61,64)/t39-,40+,41-,42-,43-,44-,45+,46-,48+/m0/s1. The number of guanidine groups is 1. The normalized spacial score (nSPS) is 17.3. The number of carbonyl (C=O) groups is 10. The number of nitrogens with two attached hydrogens (primary N) is 2. The number of hydrogen-bond acceptors (Lipinski definition) is 14. The minimum Gasteiger partial charge on any atom is -0.508 e. The highest BCUT2D eigenvalue weighted by Gasteiger charge is 2.41. The second-order valence-electron chi connectivity index (χ2n) is 23.4. The SMILES string of the molecule is CCNC(=O)[C@@H]1CCCN1C(=O)[C@@H](CCCN=C(N)N)NC(=O)[C@H](CC(C)C)NC(=O)[C@@H](NC(=O)[C@H](Cc1ccc(O)cc1)NC(=O)[C@@H](CO)NC(=O)[C@H](Cc1c[nH]c2ccccc12)NC(=O)[C@H](Cc1cnc[nH]1)NC(=O)[C@@H]1CCC(=O)N1)C(C)(C)C. The van der Waals surface area contributed by atoms with Crippen molar-refractivity contribution in [3.05, 3.63) is 84.1 Å². The van der Waals surface area contributed by atoms with Gasteiger partial charge in [-0.3, -0.25) is 52.9 Å². The van der Waals surface area contributed by atoms with Gasteiger partial charge in [-0.2, -0.15) is 0 Å². The predicted octanol–water partition coefficient (Wildman–Crippen LogP) is -1.44. The van der Waals surface area contributed by atoms with E-state index in [1.807, 2.05) is 19.9 Å². The molecule has 472 valence electrons. The lowest BCUT2D eigenvalue weighted by Gasteiger charge is -2.34. The second kappa shape index (κ2) is 31.4. The zero-order chi connectivity index (χ0) is 63.5. The number of nitrogens with zero attached hydrogens (tertiary/aromatic N) is 3. The maximum Gasteiger partial charge on any atom is 0.245 e. The Bertz CT molecular complexity index is 3080. The van der Waals surface area contributed by atoms with Crippen LogP contribution in [0.15, 0.2) is 72.2 Å². The van der Waals surface area contributed by atoms with Crippen molar-refractivity contribution >= 4 is 75.9 Å². The first-order valence-corrected chi connectivity index (χ1v) is 29.3. The number of likely N-dealkylation sites (N-methyl/N-ethyl adjacent to an activating group) is 1. The fraction of sp³-hybridized carbons (Fsp3) is 0.525. The lowest BCUT2D eigenvalue weighted by Crippen LogP contribution is -2.63. The Morgan fingerprint density at radius 1 is 0.747 bits per heavy atom. The molecule has 2 aliphatic heterocycles. The van der Waals surface area contributed by atoms with E-state index in [1.165, 1.54) is 41.7 Å². The number of rotatable bonds is 30. The third kappa shape index (κ3) is 19.5. The third-order valence-electron chi connectivity index (χ3n) is 15.0. The summed E-state index contributed by atoms with van der Waals surface area (Å²) in [5.41, 5.74) is 12.2. The van der Waals surface area contributed by atoms with Crippen LogP contribution in [-0.2, 0) is 67.2 Å². The van der Waals surface area contributed by atoms with Crippen LogP contribution < -0.4 is 59.3 Å². The van der Waals surface area contributed by atoms with Gasteiger partial charge in [0.1, 0.15) is 60.1 Å². The molecule has 10 amide bonds. The van der Waals surface area contributed by atoms with Crippen molar-refractivity contribution in [3.63, 3.8) is 0 Å². The number of aliphatic imine (C=N–C) groups is 1. The summed E-state index contributed by atoms with van der Waals surface area (Å²) in [7, 11) is 0. The van der Waals surface area contributed by atoms with Crippen molar-refractivity contribution in [2.45, 2.75) is 160 Å². The number of aromatic amines is 2. The van der Waals surface area contributed by atoms with E-state index < -0.39 is 114 Å². The molecule has 2 aromatic carbocycles. The Balaban J connectivity index is 1.23. The molecule has 9 atom stereocenters. The number of imidazole rings is 1. The first-order chi connectivity index (χ1) is 41.3. The summed E-state index contributed by atoms with van der Waals surface area (Å²) in [4.78, 5) is 155. The van der Waals surface area contributed by atoms with E-state index in [0.717, 1.165) is 5.52 Å². The molecule has 2 aromatic heterocycles. The maximum absolute atomic E-state index is 14.8. The van der Waals surface area contributed by atoms with Gasteiger partial charge in [0.2, 0.25) is 59.1 Å². The number of H-pyrrole nitrogens is 2. The quantitative estimate of drug-likeness (QED) is 0.0162. The number of phenolic OH excluding ortho intramolecular Hbond substituents is 1. The van der Waals surface area contributed by atoms with E-state index in [1.54, 1.807) is 52.1 Å². The average Bonchev–Trinajstić information content (AvgIpc) is 2.84. The van der Waals surface area contributed by atoms with Crippen molar-refractivity contribution in [3.8, 4) is 5.75 Å². The number of aliphatic hydroxyl groups excluding tert-OH is 1. The van der Waals surface area contributed by atoms with Gasteiger partial charge >= 0.3 is 0 Å². The molecule has 17 N–H and O–H groups in total. The molecule has 0 aliphatic carbocycles. The van der Waals surface area contributed by atoms with Crippen LogP contribution in [0.5, 0.6) is 5.75 Å². The van der Waals surface area contributed by atoms with Gasteiger partial charge < -0.3 is 84.4 Å². The van der Waals surface area contributed by atoms with E-state index in [2.05, 4.69) is 67.8 Å². The number of aromatic hydroxyl groups is 1. The number of aliphatic hydroxyl groups is 1. The maximum atomic E-state index is 14.8. The summed E-state index contributed by atoms with van der Waals surface area (Å²) in [6, 6.07) is 1.42. The number of nitrogens with one attached hydrogen (secondary N) is 11. The monoisotopic (exact) mass is 1210 g/mol. The topological polar surface area (TPSA) is 432 Å². The minimum absolute atomic E-state index is 0.0821. The molecule has 2 aliphatic rings. The summed E-state index contributed by atoms with van der Waals surface area (Å²) in [5, 5.41) is 45.9. The number of fused-ring (bicyclic) bond motifs is 1. The largest absolute Gasteiger partial charge is 0.508 e. The fourth-order valence-corrected chi connectivity index (χ4v) is 10.4. The molecular formula is C59H84N16O12. The molecule has 0 radical (unpaired) electrons. The van der Waals surface area contributed by atoms with Crippen molar-refractivity contribution < 1.29 is 58.2 Å². The van der Waals surface area contributed by atoms with Gasteiger partial charge in [0.25, 0.3) is 0 Å². The number of amides is 10. The molecule has 4 aromatic rings. The number of carbonyl (C=O) groups excluding carboxylic acids is 10. The Hall–Kier alpha value is -9.08. The molecule has 0 bridgehead atoms. The van der Waals surface area contributed by atoms with Crippen molar-refractivity contribution in [1.29, 1.82) is 0 Å². The van der Waals surface area contributed by atoms with E-state index in [9.17, 15) is 58.2 Å². The summed E-state index contributed by atoms with van der Waals surface area (Å²) < 4.78 is 0. The zero-order valence-corrected chi connectivity index (χ0v) is 50.0. The van der Waals surface area contributed by atoms with E-state index >= 15 is 0 Å². The van der Waals surface area contributed by atoms with E-state index in [4.69, 9.17) is 11.5 Å². The average molecular weight is 1210 g/mol. The van der Waals surface area contributed by atoms with Gasteiger partial charge in [-0.25, -0.2) is 4.98 Å². The molecule has 28 nitrogen and oxygen atoms in total. The van der Waals surface area contributed by atoms with Crippen LogP contribution in [0, 0.1) is 11.3 Å². The molecule has 87 heavy (non-hydrogen) atoms. The van der Waals surface area contributed by atoms with Crippen molar-refractivity contribution in [2.24, 2.45) is 27.8 Å². The van der Waals surface area contributed by atoms with Crippen LogP contribution in [0.4, 0.5) is 0 Å². The number of phenols is 1. The molecule has 4 heterocycles. The van der Waals surface area contributed by atoms with E-state index in [-0.39, 0.29) is 93.9 Å². The fourth-order valence-electron chi connectivity index (χ4n) is 10.4. The van der Waals surface area contributed by atoms with Crippen LogP contribution in [0.3, 0.4) is 0 Å². The zero-order valence-electron chi connectivity index (χ0n) is 50.0. The highest BCUT2D eigenvalue weighted by Crippen LogP contribution is 2.24. The number of aromatic nitrogens is 3. The minimum atomic E-state index is -1.76. The molecule has 0 saturated carbocycles. The third-order valence-corrected chi connectivity index (χ3v) is 15.0. The van der Waals surface area contributed by atoms with Crippen molar-refractivity contribution in [1.82, 2.24) is 67.7 Å². The van der Waals surface area contributed by atoms with E-state index in [0.29, 0.717) is 41.6 Å². The Labute approximate surface area is 504 Å². The Morgan fingerprint density at radius 2 is 1.37 bits per heavy atom. The number of benzene rings is 2. The Kier molecular flexibility index (Phi) is 24.2. The second-order valence-corrected chi connectivity index (χ2v) is 23.4. The molecule has 2 fully saturated rings. The number of para-hydroxylation sites is 1. The Morgan fingerprint density at radius 3 is 1.99 bits per heavy atom. The molecular weight excluding hydrogens is 1120 g/mol. The van der Waals surface area contributed by atoms with Gasteiger partial charge in [0.05, 0.1) is 12.9 Å². The lowest BCUT2D eigenvalue weighted by atomic mass is 9.85. The van der Waals surface area contributed by atoms with Crippen LogP contribution in [0.1, 0.15) is 103 Å². The molecule has 6 rings (SSSR count). The number of hydrogen-bond donors (Lipinski definition) is 15. The molecule has 28 heteroatoms. The van der Waals surface area contributed by atoms with Gasteiger partial charge in [0.15, 0.2) is 5.96 Å². The smallest absolute Gasteiger partial charge is 0.245 e.